The number of carbonyl (C=O) groups excluding carboxylic acids is 2. The predicted molar refractivity (Wildman–Crippen MR) is 222 cm³/mol. The van der Waals surface area contributed by atoms with Crippen LogP contribution in [0.3, 0.4) is 0 Å². The van der Waals surface area contributed by atoms with Gasteiger partial charge in [-0.05, 0) is 0 Å². The monoisotopic (exact) mass is 936 g/mol. The molecule has 0 aliphatic heterocycles. The molecule has 0 saturated carbocycles. The van der Waals surface area contributed by atoms with Gasteiger partial charge in [0.25, 0.3) is 0 Å². The van der Waals surface area contributed by atoms with Gasteiger partial charge in [0.2, 0.25) is 0 Å². The molecular weight excluding hydrogens is 878 g/mol. The number of fused-ring (bicyclic) bond motifs is 2. The van der Waals surface area contributed by atoms with E-state index in [1.165, 1.54) is 54.1 Å². The van der Waals surface area contributed by atoms with Crippen LogP contribution in [-0.4, -0.2) is 48.3 Å². The van der Waals surface area contributed by atoms with Gasteiger partial charge in [0.15, 0.2) is 0 Å². The number of carbonyl (C=O) groups is 2. The summed E-state index contributed by atoms with van der Waals surface area (Å²) in [6.07, 6.45) is 11.2. The van der Waals surface area contributed by atoms with Crippen molar-refractivity contribution in [3.05, 3.63) is 56.3 Å². The van der Waals surface area contributed by atoms with Gasteiger partial charge in [0.1, 0.15) is 0 Å². The van der Waals surface area contributed by atoms with E-state index in [0.29, 0.717) is 23.0 Å². The Hall–Kier alpha value is -0.263. The van der Waals surface area contributed by atoms with Gasteiger partial charge in [-0.25, -0.2) is 0 Å². The zero-order chi connectivity index (χ0) is 35.0. The third-order valence-corrected chi connectivity index (χ3v) is 34.0. The molecule has 2 nitrogen and oxygen atoms in total. The predicted octanol–water partition coefficient (Wildman–Crippen LogP) is 12.7. The van der Waals surface area contributed by atoms with Gasteiger partial charge in [-0.1, -0.05) is 26.7 Å². The fraction of sp³-hybridized carbons (Fsp3) is 0.550. The summed E-state index contributed by atoms with van der Waals surface area (Å²) in [6, 6.07) is 9.12. The molecule has 0 fully saturated rings. The van der Waals surface area contributed by atoms with Crippen molar-refractivity contribution in [2.24, 2.45) is 11.8 Å². The summed E-state index contributed by atoms with van der Waals surface area (Å²) in [6.45, 7) is 9.11. The van der Waals surface area contributed by atoms with E-state index in [9.17, 15) is 0 Å². The summed E-state index contributed by atoms with van der Waals surface area (Å²) in [7, 11) is 0. The third kappa shape index (κ3) is 8.19. The zero-order valence-electron chi connectivity index (χ0n) is 31.0. The molecule has 0 saturated heterocycles. The number of thiophene rings is 4. The Bertz CT molecular complexity index is 1630. The minimum absolute atomic E-state index is 0.113. The van der Waals surface area contributed by atoms with Crippen molar-refractivity contribution in [1.29, 1.82) is 0 Å². The van der Waals surface area contributed by atoms with Crippen LogP contribution < -0.4 is 5.79 Å². The molecule has 48 heavy (non-hydrogen) atoms. The molecule has 0 amide bonds. The first-order valence-corrected chi connectivity index (χ1v) is 41.6. The van der Waals surface area contributed by atoms with Crippen molar-refractivity contribution in [2.75, 3.05) is 0 Å². The molecule has 4 aromatic heterocycles. The van der Waals surface area contributed by atoms with Gasteiger partial charge in [-0.15, -0.1) is 0 Å². The van der Waals surface area contributed by atoms with E-state index in [4.69, 9.17) is 0 Å². The van der Waals surface area contributed by atoms with Crippen LogP contribution >= 0.6 is 45.3 Å². The van der Waals surface area contributed by atoms with Gasteiger partial charge in [0, 0.05) is 0 Å². The van der Waals surface area contributed by atoms with Crippen molar-refractivity contribution < 1.29 is 9.59 Å². The van der Waals surface area contributed by atoms with E-state index in [-0.39, 0.29) is 11.6 Å². The summed E-state index contributed by atoms with van der Waals surface area (Å²) in [5, 5.41) is 0. The van der Waals surface area contributed by atoms with E-state index in [2.05, 4.69) is 81.6 Å². The molecule has 2 unspecified atom stereocenters. The maximum atomic E-state index is 15.2. The summed E-state index contributed by atoms with van der Waals surface area (Å²) < 4.78 is 3.02. The quantitative estimate of drug-likeness (QED) is 0.0924. The molecule has 2 atom stereocenters. The summed E-state index contributed by atoms with van der Waals surface area (Å²) in [5.74, 6) is 1.30. The maximum absolute atomic E-state index is 15.2. The van der Waals surface area contributed by atoms with Crippen LogP contribution in [0.15, 0.2) is 24.3 Å². The molecule has 8 heteroatoms. The fourth-order valence-electron chi connectivity index (χ4n) is 6.90. The van der Waals surface area contributed by atoms with Gasteiger partial charge in [0.05, 0.1) is 0 Å². The summed E-state index contributed by atoms with van der Waals surface area (Å²) in [5.41, 5.74) is 2.93. The Morgan fingerprint density at radius 2 is 0.938 bits per heavy atom. The van der Waals surface area contributed by atoms with Crippen LogP contribution in [0, 0.1) is 11.8 Å². The second-order valence-electron chi connectivity index (χ2n) is 15.9. The van der Waals surface area contributed by atoms with Crippen LogP contribution in [0.5, 0.6) is 0 Å². The number of hydrogen-bond donors (Lipinski definition) is 0. The van der Waals surface area contributed by atoms with E-state index < -0.39 is 36.8 Å². The summed E-state index contributed by atoms with van der Waals surface area (Å²) in [4.78, 5) is 51.9. The number of rotatable bonds is 16. The van der Waals surface area contributed by atoms with E-state index in [0.717, 1.165) is 56.3 Å². The normalized spacial score (nSPS) is 14.8. The molecule has 1 aliphatic carbocycles. The molecule has 0 aromatic carbocycles. The number of ketones is 2. The minimum atomic E-state index is -2.33. The first-order valence-electron chi connectivity index (χ1n) is 18.3. The van der Waals surface area contributed by atoms with Gasteiger partial charge < -0.3 is 0 Å². The molecule has 0 radical (unpaired) electrons. The average molecular weight is 935 g/mol. The molecule has 260 valence electrons. The first kappa shape index (κ1) is 39.0. The fourth-order valence-corrected chi connectivity index (χ4v) is 22.5. The molecule has 0 spiro atoms. The van der Waals surface area contributed by atoms with Crippen LogP contribution in [0.4, 0.5) is 0 Å². The molecular formula is C40H56O2S4Sn2. The zero-order valence-corrected chi connectivity index (χ0v) is 40.0. The van der Waals surface area contributed by atoms with E-state index in [1.54, 1.807) is 11.3 Å². The third-order valence-electron chi connectivity index (χ3n) is 10.0. The molecule has 4 aromatic rings. The van der Waals surface area contributed by atoms with E-state index >= 15 is 9.59 Å². The Balaban J connectivity index is 1.73. The molecule has 4 heterocycles. The number of unbranched alkanes of at least 4 members (excludes halogenated alkanes) is 2. The second-order valence-corrected chi connectivity index (χ2v) is 51.1. The molecule has 0 N–H and O–H groups in total. The molecule has 5 rings (SSSR count). The van der Waals surface area contributed by atoms with Crippen molar-refractivity contribution >= 4 is 99.5 Å². The molecule has 0 bridgehead atoms. The SMILES string of the molecule is CCCCC(CC)Cc1sc(CC(CC)CCCC)c2c1C(=O)c1c(-c3cc[c]([Sn]([CH3])([CH3])[CH3])s3)sc(-c3cc[c]([Sn]([CH3])([CH3])[CH3])s3)c1C2=O. The van der Waals surface area contributed by atoms with Crippen molar-refractivity contribution in [3.8, 4) is 19.5 Å². The van der Waals surface area contributed by atoms with Crippen LogP contribution in [-0.2, 0) is 12.8 Å². The van der Waals surface area contributed by atoms with E-state index in [1.807, 2.05) is 34.0 Å². The Morgan fingerprint density at radius 3 is 1.25 bits per heavy atom. The van der Waals surface area contributed by atoms with Crippen LogP contribution in [0.25, 0.3) is 19.5 Å². The van der Waals surface area contributed by atoms with Crippen molar-refractivity contribution in [2.45, 2.75) is 122 Å². The molecule has 1 aliphatic rings. The second kappa shape index (κ2) is 16.2. The standard InChI is InChI=1S/C34H38O2S4.6CH3.2Sn/c1-5-9-13-21(7-3)19-25-27-28(26(39-25)20-22(8-4)14-10-6-2)32(36)30-29(31(27)35)33(23-15-11-17-37-23)40-34(30)24-16-12-18-38-24;;;;;;;;/h11-12,15-16,21-22H,5-10,13-14,19-20H2,1-4H3;6*1H3;;. The Kier molecular flexibility index (Phi) is 13.1. The van der Waals surface area contributed by atoms with Crippen molar-refractivity contribution in [1.82, 2.24) is 0 Å². The topological polar surface area (TPSA) is 34.1 Å². The average Bonchev–Trinajstić information content (AvgIpc) is 3.83. The summed E-state index contributed by atoms with van der Waals surface area (Å²) >= 11 is 2.63. The van der Waals surface area contributed by atoms with Gasteiger partial charge in [-0.3, -0.25) is 0 Å². The van der Waals surface area contributed by atoms with Gasteiger partial charge in [-0.2, -0.15) is 0 Å². The van der Waals surface area contributed by atoms with Crippen LogP contribution in [0.1, 0.15) is 121 Å². The Labute approximate surface area is 314 Å². The Morgan fingerprint density at radius 1 is 0.542 bits per heavy atom. The number of hydrogen-bond acceptors (Lipinski definition) is 6. The van der Waals surface area contributed by atoms with Crippen molar-refractivity contribution in [3.63, 3.8) is 0 Å². The first-order chi connectivity index (χ1) is 22.7. The van der Waals surface area contributed by atoms with Crippen LogP contribution in [0.2, 0.25) is 29.6 Å². The van der Waals surface area contributed by atoms with Gasteiger partial charge >= 0.3 is 292 Å².